The van der Waals surface area contributed by atoms with Gasteiger partial charge in [-0.15, -0.1) is 0 Å². The average Bonchev–Trinajstić information content (AvgIpc) is 3.90. The first-order valence-corrected chi connectivity index (χ1v) is 18.5. The van der Waals surface area contributed by atoms with E-state index < -0.39 is 12.2 Å². The van der Waals surface area contributed by atoms with Gasteiger partial charge in [-0.05, 0) is 0 Å². The lowest BCUT2D eigenvalue weighted by molar-refractivity contribution is -0.0729. The number of epoxide rings is 7. The van der Waals surface area contributed by atoms with Gasteiger partial charge < -0.3 is 86.0 Å². The number of hydrogen-bond acceptors (Lipinski definition) is 18. The Morgan fingerprint density at radius 3 is 1.15 bits per heavy atom. The highest BCUT2D eigenvalue weighted by atomic mass is 16.7. The Labute approximate surface area is 304 Å². The number of aliphatic hydroxyl groups is 2. The molecule has 9 unspecified atom stereocenters. The van der Waals surface area contributed by atoms with Gasteiger partial charge in [-0.2, -0.15) is 0 Å². The highest BCUT2D eigenvalue weighted by Gasteiger charge is 2.46. The molecule has 0 aromatic rings. The molecule has 302 valence electrons. The van der Waals surface area contributed by atoms with Crippen molar-refractivity contribution >= 4 is 0 Å². The molecule has 8 aliphatic rings. The van der Waals surface area contributed by atoms with E-state index in [-0.39, 0.29) is 55.4 Å². The second-order valence-electron chi connectivity index (χ2n) is 14.1. The second kappa shape index (κ2) is 22.1. The zero-order valence-electron chi connectivity index (χ0n) is 30.0. The van der Waals surface area contributed by atoms with Crippen LogP contribution < -0.4 is 0 Å². The fourth-order valence-electron chi connectivity index (χ4n) is 4.59. The lowest BCUT2D eigenvalue weighted by atomic mass is 10.2. The number of hydrogen-bond donors (Lipinski definition) is 2. The van der Waals surface area contributed by atoms with Gasteiger partial charge in [0, 0.05) is 0 Å². The predicted octanol–water partition coefficient (Wildman–Crippen LogP) is -2.26. The number of ether oxygens (including phenoxy) is 16. The molecule has 52 heavy (non-hydrogen) atoms. The van der Waals surface area contributed by atoms with Crippen LogP contribution in [-0.2, 0) is 75.8 Å². The molecule has 8 fully saturated rings. The van der Waals surface area contributed by atoms with E-state index in [1.807, 2.05) is 0 Å². The molecule has 0 bridgehead atoms. The molecular formula is C34H58O18. The van der Waals surface area contributed by atoms with Gasteiger partial charge in [0.15, 0.2) is 0 Å². The van der Waals surface area contributed by atoms with Crippen LogP contribution in [0.2, 0.25) is 0 Å². The van der Waals surface area contributed by atoms with Crippen LogP contribution in [0.3, 0.4) is 0 Å². The Bertz CT molecular complexity index is 915. The van der Waals surface area contributed by atoms with E-state index in [2.05, 4.69) is 0 Å². The fraction of sp³-hybridized carbons (Fsp3) is 1.00. The lowest BCUT2D eigenvalue weighted by Crippen LogP contribution is -2.29. The summed E-state index contributed by atoms with van der Waals surface area (Å²) in [4.78, 5) is 0. The summed E-state index contributed by atoms with van der Waals surface area (Å²) < 4.78 is 84.6. The zero-order valence-corrected chi connectivity index (χ0v) is 30.0. The summed E-state index contributed by atoms with van der Waals surface area (Å²) in [5.41, 5.74) is -0.177. The fourth-order valence-corrected chi connectivity index (χ4v) is 4.59. The molecular weight excluding hydrogens is 696 g/mol. The molecule has 8 aliphatic heterocycles. The maximum Gasteiger partial charge on any atom is 0.138 e. The summed E-state index contributed by atoms with van der Waals surface area (Å²) in [5, 5.41) is 19.1. The quantitative estimate of drug-likeness (QED) is 0.0848. The van der Waals surface area contributed by atoms with E-state index in [1.54, 1.807) is 0 Å². The van der Waals surface area contributed by atoms with E-state index >= 15 is 0 Å². The monoisotopic (exact) mass is 754 g/mol. The Morgan fingerprint density at radius 1 is 0.442 bits per heavy atom. The molecule has 8 saturated heterocycles. The first kappa shape index (κ1) is 40.9. The predicted molar refractivity (Wildman–Crippen MR) is 174 cm³/mol. The third-order valence-electron chi connectivity index (χ3n) is 8.40. The molecule has 0 radical (unpaired) electrons. The van der Waals surface area contributed by atoms with Gasteiger partial charge in [0.25, 0.3) is 0 Å². The van der Waals surface area contributed by atoms with Crippen molar-refractivity contribution in [3.8, 4) is 0 Å². The molecule has 2 N–H and O–H groups in total. The zero-order chi connectivity index (χ0) is 35.9. The molecule has 0 aliphatic carbocycles. The van der Waals surface area contributed by atoms with Gasteiger partial charge in [-0.25, -0.2) is 0 Å². The van der Waals surface area contributed by atoms with Crippen molar-refractivity contribution < 1.29 is 86.0 Å². The van der Waals surface area contributed by atoms with Crippen LogP contribution in [0.15, 0.2) is 0 Å². The minimum absolute atomic E-state index is 0.0622. The Balaban J connectivity index is 0.000000140. The lowest BCUT2D eigenvalue weighted by Gasteiger charge is -2.17. The van der Waals surface area contributed by atoms with E-state index in [0.29, 0.717) is 105 Å². The van der Waals surface area contributed by atoms with Crippen LogP contribution in [0.25, 0.3) is 0 Å². The van der Waals surface area contributed by atoms with Crippen molar-refractivity contribution in [1.82, 2.24) is 0 Å². The molecule has 0 saturated carbocycles. The highest BCUT2D eigenvalue weighted by Crippen LogP contribution is 2.28. The van der Waals surface area contributed by atoms with Gasteiger partial charge in [0.05, 0.1) is 152 Å². The molecule has 0 aromatic heterocycles. The Morgan fingerprint density at radius 2 is 0.788 bits per heavy atom. The first-order valence-electron chi connectivity index (χ1n) is 18.5. The molecule has 18 heteroatoms. The molecule has 8 rings (SSSR count). The first-order chi connectivity index (χ1) is 25.5. The molecule has 8 heterocycles. The standard InChI is InChI=1S/C15H26O8.C10H16O5.C9H16O5/c16-11(2-18-5-13-8-21-13)1-17-3-12-4-19-6-14(7-20-12)22-9-15-10-23-15;1(8-3-13-8)11-5-10(7-15-10)6-12-2-9-4-14-9;10-7(1-11-3-8-5-13-8)2-12-4-9-6-14-9/h11-16H,1-10H2;8-9H,1-7H2;7-10H,1-6H2. The van der Waals surface area contributed by atoms with E-state index in [0.717, 1.165) is 46.2 Å². The minimum Gasteiger partial charge on any atom is -0.388 e. The van der Waals surface area contributed by atoms with Crippen LogP contribution in [-0.4, -0.2) is 229 Å². The summed E-state index contributed by atoms with van der Waals surface area (Å²) in [5.74, 6) is 0. The summed E-state index contributed by atoms with van der Waals surface area (Å²) in [6.07, 6.45) is 0.201. The van der Waals surface area contributed by atoms with Crippen molar-refractivity contribution in [2.24, 2.45) is 0 Å². The Kier molecular flexibility index (Phi) is 17.4. The summed E-state index contributed by atoms with van der Waals surface area (Å²) in [6, 6.07) is 0. The van der Waals surface area contributed by atoms with E-state index in [1.165, 1.54) is 0 Å². The van der Waals surface area contributed by atoms with Gasteiger partial charge in [0.2, 0.25) is 0 Å². The number of rotatable bonds is 27. The third kappa shape index (κ3) is 19.7. The number of aliphatic hydroxyl groups excluding tert-OH is 2. The molecule has 0 spiro atoms. The molecule has 9 atom stereocenters. The summed E-state index contributed by atoms with van der Waals surface area (Å²) in [7, 11) is 0. The van der Waals surface area contributed by atoms with Crippen molar-refractivity contribution in [3.05, 3.63) is 0 Å². The van der Waals surface area contributed by atoms with Crippen molar-refractivity contribution in [3.63, 3.8) is 0 Å². The van der Waals surface area contributed by atoms with Crippen LogP contribution in [0.5, 0.6) is 0 Å². The van der Waals surface area contributed by atoms with E-state index in [4.69, 9.17) is 75.8 Å². The second-order valence-corrected chi connectivity index (χ2v) is 14.1. The van der Waals surface area contributed by atoms with Crippen molar-refractivity contribution in [2.75, 3.05) is 152 Å². The van der Waals surface area contributed by atoms with Crippen LogP contribution >= 0.6 is 0 Å². The van der Waals surface area contributed by atoms with E-state index in [9.17, 15) is 10.2 Å². The summed E-state index contributed by atoms with van der Waals surface area (Å²) in [6.45, 7) is 13.3. The normalized spacial score (nSPS) is 35.9. The highest BCUT2D eigenvalue weighted by molar-refractivity contribution is 4.92. The molecule has 0 aromatic carbocycles. The largest absolute Gasteiger partial charge is 0.388 e. The molecule has 18 nitrogen and oxygen atoms in total. The van der Waals surface area contributed by atoms with Gasteiger partial charge in [-0.3, -0.25) is 0 Å². The van der Waals surface area contributed by atoms with Gasteiger partial charge >= 0.3 is 0 Å². The summed E-state index contributed by atoms with van der Waals surface area (Å²) >= 11 is 0. The maximum atomic E-state index is 9.74. The average molecular weight is 755 g/mol. The van der Waals surface area contributed by atoms with Gasteiger partial charge in [0.1, 0.15) is 66.6 Å². The maximum absolute atomic E-state index is 9.74. The SMILES string of the molecule is C(OCC1(COCC2CO2)CO1)C1CO1.OC(COCC1CO1)COCC1CO1.OC(COCC1COCC(OCC2CO2)CO1)COCC1CO1. The van der Waals surface area contributed by atoms with Crippen LogP contribution in [0.4, 0.5) is 0 Å². The topological polar surface area (TPSA) is 211 Å². The van der Waals surface area contributed by atoms with Gasteiger partial charge in [-0.1, -0.05) is 0 Å². The smallest absolute Gasteiger partial charge is 0.138 e. The Hall–Kier alpha value is -0.720. The van der Waals surface area contributed by atoms with Crippen molar-refractivity contribution in [2.45, 2.75) is 66.6 Å². The van der Waals surface area contributed by atoms with Crippen LogP contribution in [0.1, 0.15) is 0 Å². The van der Waals surface area contributed by atoms with Crippen LogP contribution in [0, 0.1) is 0 Å². The minimum atomic E-state index is -0.643. The molecule has 0 amide bonds. The third-order valence-corrected chi connectivity index (χ3v) is 8.40. The van der Waals surface area contributed by atoms with Crippen molar-refractivity contribution in [1.29, 1.82) is 0 Å².